The van der Waals surface area contributed by atoms with Crippen LogP contribution in [0, 0.1) is 0 Å². The first-order valence-electron chi connectivity index (χ1n) is 8.76. The van der Waals surface area contributed by atoms with Gasteiger partial charge in [0.2, 0.25) is 0 Å². The van der Waals surface area contributed by atoms with E-state index in [1.54, 1.807) is 12.4 Å². The number of nitrogens with zero attached hydrogens (tertiary/aromatic N) is 3. The number of benzene rings is 1. The van der Waals surface area contributed by atoms with Crippen molar-refractivity contribution in [1.29, 1.82) is 0 Å². The van der Waals surface area contributed by atoms with E-state index >= 15 is 0 Å². The molecule has 136 valence electrons. The third-order valence-corrected chi connectivity index (χ3v) is 3.82. The SMILES string of the molecule is CCNC(=NCCOc1cccnc1)N(C)Cc1cc2ccccc2o1. The Morgan fingerprint density at radius 3 is 2.92 bits per heavy atom. The van der Waals surface area contributed by atoms with Crippen molar-refractivity contribution < 1.29 is 9.15 Å². The second-order valence-corrected chi connectivity index (χ2v) is 5.88. The lowest BCUT2D eigenvalue weighted by atomic mass is 10.2. The molecular formula is C20H24N4O2. The van der Waals surface area contributed by atoms with Crippen LogP contribution in [0.3, 0.4) is 0 Å². The van der Waals surface area contributed by atoms with Gasteiger partial charge in [0.05, 0.1) is 19.3 Å². The van der Waals surface area contributed by atoms with Crippen molar-refractivity contribution in [3.05, 3.63) is 60.6 Å². The van der Waals surface area contributed by atoms with Gasteiger partial charge in [-0.25, -0.2) is 4.99 Å². The van der Waals surface area contributed by atoms with Gasteiger partial charge in [0.25, 0.3) is 0 Å². The summed E-state index contributed by atoms with van der Waals surface area (Å²) in [5.74, 6) is 2.48. The van der Waals surface area contributed by atoms with E-state index in [0.29, 0.717) is 19.7 Å². The smallest absolute Gasteiger partial charge is 0.194 e. The quantitative estimate of drug-likeness (QED) is 0.402. The third-order valence-electron chi connectivity index (χ3n) is 3.82. The average Bonchev–Trinajstić information content (AvgIpc) is 3.07. The number of nitrogens with one attached hydrogen (secondary N) is 1. The standard InChI is InChI=1S/C20H24N4O2/c1-3-22-20(23-11-12-25-17-8-6-10-21-14-17)24(2)15-18-13-16-7-4-5-9-19(16)26-18/h4-10,13-14H,3,11-12,15H2,1-2H3,(H,22,23). The summed E-state index contributed by atoms with van der Waals surface area (Å²) in [6.45, 7) is 4.55. The highest BCUT2D eigenvalue weighted by Crippen LogP contribution is 2.19. The maximum atomic E-state index is 5.89. The van der Waals surface area contributed by atoms with Gasteiger partial charge in [-0.2, -0.15) is 0 Å². The summed E-state index contributed by atoms with van der Waals surface area (Å²) < 4.78 is 11.5. The Hall–Kier alpha value is -3.02. The van der Waals surface area contributed by atoms with E-state index in [0.717, 1.165) is 35.0 Å². The van der Waals surface area contributed by atoms with Crippen molar-refractivity contribution >= 4 is 16.9 Å². The number of ether oxygens (including phenoxy) is 1. The highest BCUT2D eigenvalue weighted by molar-refractivity contribution is 5.80. The molecule has 3 aromatic rings. The third kappa shape index (κ3) is 4.75. The van der Waals surface area contributed by atoms with E-state index in [-0.39, 0.29) is 0 Å². The summed E-state index contributed by atoms with van der Waals surface area (Å²) in [6.07, 6.45) is 3.42. The van der Waals surface area contributed by atoms with Gasteiger partial charge in [-0.15, -0.1) is 0 Å². The molecule has 6 nitrogen and oxygen atoms in total. The number of hydrogen-bond acceptors (Lipinski definition) is 4. The van der Waals surface area contributed by atoms with Gasteiger partial charge < -0.3 is 19.4 Å². The van der Waals surface area contributed by atoms with Gasteiger partial charge in [-0.1, -0.05) is 18.2 Å². The first-order chi connectivity index (χ1) is 12.8. The first kappa shape index (κ1) is 17.8. The Bertz CT molecular complexity index is 812. The predicted octanol–water partition coefficient (Wildman–Crippen LogP) is 3.30. The Morgan fingerprint density at radius 1 is 1.27 bits per heavy atom. The summed E-state index contributed by atoms with van der Waals surface area (Å²) in [5.41, 5.74) is 0.905. The molecule has 0 saturated carbocycles. The Morgan fingerprint density at radius 2 is 2.15 bits per heavy atom. The minimum atomic E-state index is 0.499. The second-order valence-electron chi connectivity index (χ2n) is 5.88. The van der Waals surface area contributed by atoms with Crippen LogP contribution in [0.1, 0.15) is 12.7 Å². The first-order valence-corrected chi connectivity index (χ1v) is 8.76. The number of hydrogen-bond donors (Lipinski definition) is 1. The second kappa shape index (κ2) is 8.89. The predicted molar refractivity (Wildman–Crippen MR) is 103 cm³/mol. The van der Waals surface area contributed by atoms with Gasteiger partial charge >= 0.3 is 0 Å². The fraction of sp³-hybridized carbons (Fsp3) is 0.300. The molecule has 2 aromatic heterocycles. The van der Waals surface area contributed by atoms with Crippen molar-refractivity contribution in [1.82, 2.24) is 15.2 Å². The van der Waals surface area contributed by atoms with E-state index < -0.39 is 0 Å². The number of furan rings is 1. The Balaban J connectivity index is 1.58. The zero-order valence-corrected chi connectivity index (χ0v) is 15.2. The lowest BCUT2D eigenvalue weighted by Gasteiger charge is -2.21. The van der Waals surface area contributed by atoms with Crippen molar-refractivity contribution in [3.8, 4) is 5.75 Å². The van der Waals surface area contributed by atoms with Crippen LogP contribution >= 0.6 is 0 Å². The maximum Gasteiger partial charge on any atom is 0.194 e. The Kier molecular flexibility index (Phi) is 6.09. The van der Waals surface area contributed by atoms with Crippen molar-refractivity contribution in [3.63, 3.8) is 0 Å². The maximum absolute atomic E-state index is 5.89. The van der Waals surface area contributed by atoms with Crippen LogP contribution in [-0.2, 0) is 6.54 Å². The zero-order chi connectivity index (χ0) is 18.2. The van der Waals surface area contributed by atoms with Gasteiger partial charge in [0.1, 0.15) is 23.7 Å². The molecule has 0 aliphatic rings. The monoisotopic (exact) mass is 352 g/mol. The molecule has 0 atom stereocenters. The largest absolute Gasteiger partial charge is 0.490 e. The van der Waals surface area contributed by atoms with Crippen LogP contribution in [-0.4, -0.2) is 42.6 Å². The van der Waals surface area contributed by atoms with Gasteiger partial charge in [0.15, 0.2) is 5.96 Å². The topological polar surface area (TPSA) is 62.9 Å². The number of guanidine groups is 1. The molecule has 0 bridgehead atoms. The molecule has 1 aromatic carbocycles. The van der Waals surface area contributed by atoms with Crippen LogP contribution in [0.2, 0.25) is 0 Å². The number of aliphatic imine (C=N–C) groups is 1. The molecular weight excluding hydrogens is 328 g/mol. The molecule has 0 saturated heterocycles. The van der Waals surface area contributed by atoms with Gasteiger partial charge in [-0.3, -0.25) is 4.98 Å². The molecule has 0 aliphatic heterocycles. The molecule has 26 heavy (non-hydrogen) atoms. The van der Waals surface area contributed by atoms with Crippen LogP contribution in [0.25, 0.3) is 11.0 Å². The van der Waals surface area contributed by atoms with E-state index in [2.05, 4.69) is 34.3 Å². The molecule has 2 heterocycles. The number of para-hydroxylation sites is 1. The highest BCUT2D eigenvalue weighted by atomic mass is 16.5. The highest BCUT2D eigenvalue weighted by Gasteiger charge is 2.10. The number of aromatic nitrogens is 1. The fourth-order valence-corrected chi connectivity index (χ4v) is 2.64. The van der Waals surface area contributed by atoms with Crippen LogP contribution < -0.4 is 10.1 Å². The lowest BCUT2D eigenvalue weighted by molar-refractivity contribution is 0.325. The zero-order valence-electron chi connectivity index (χ0n) is 15.2. The van der Waals surface area contributed by atoms with Crippen molar-refractivity contribution in [2.45, 2.75) is 13.5 Å². The summed E-state index contributed by atoms with van der Waals surface area (Å²) in [7, 11) is 2.00. The molecule has 0 amide bonds. The number of pyridine rings is 1. The van der Waals surface area contributed by atoms with Crippen LogP contribution in [0.4, 0.5) is 0 Å². The normalized spacial score (nSPS) is 11.5. The molecule has 0 spiro atoms. The van der Waals surface area contributed by atoms with Crippen LogP contribution in [0.15, 0.2) is 64.3 Å². The molecule has 1 N–H and O–H groups in total. The molecule has 6 heteroatoms. The minimum Gasteiger partial charge on any atom is -0.490 e. The van der Waals surface area contributed by atoms with E-state index in [1.165, 1.54) is 0 Å². The van der Waals surface area contributed by atoms with Crippen molar-refractivity contribution in [2.75, 3.05) is 26.7 Å². The van der Waals surface area contributed by atoms with E-state index in [9.17, 15) is 0 Å². The molecule has 0 radical (unpaired) electrons. The van der Waals surface area contributed by atoms with Gasteiger partial charge in [-0.05, 0) is 31.2 Å². The summed E-state index contributed by atoms with van der Waals surface area (Å²) in [4.78, 5) is 10.7. The van der Waals surface area contributed by atoms with E-state index in [1.807, 2.05) is 42.3 Å². The van der Waals surface area contributed by atoms with Gasteiger partial charge in [0, 0.05) is 25.2 Å². The summed E-state index contributed by atoms with van der Waals surface area (Å²) in [5, 5.41) is 4.42. The van der Waals surface area contributed by atoms with Crippen LogP contribution in [0.5, 0.6) is 5.75 Å². The minimum absolute atomic E-state index is 0.499. The number of fused-ring (bicyclic) bond motifs is 1. The molecule has 0 unspecified atom stereocenters. The van der Waals surface area contributed by atoms with E-state index in [4.69, 9.17) is 9.15 Å². The van der Waals surface area contributed by atoms with Crippen molar-refractivity contribution in [2.24, 2.45) is 4.99 Å². The Labute approximate surface area is 153 Å². The summed E-state index contributed by atoms with van der Waals surface area (Å²) >= 11 is 0. The average molecular weight is 352 g/mol. The molecule has 0 aliphatic carbocycles. The molecule has 3 rings (SSSR count). The fourth-order valence-electron chi connectivity index (χ4n) is 2.64. The number of rotatable bonds is 7. The summed E-state index contributed by atoms with van der Waals surface area (Å²) in [6, 6.07) is 13.8. The molecule has 0 fully saturated rings. The lowest BCUT2D eigenvalue weighted by Crippen LogP contribution is -2.38.